The zero-order valence-electron chi connectivity index (χ0n) is 21.2. The molecule has 1 aliphatic rings. The first-order valence-electron chi connectivity index (χ1n) is 12.4. The van der Waals surface area contributed by atoms with Gasteiger partial charge in [0.2, 0.25) is 0 Å². The van der Waals surface area contributed by atoms with Gasteiger partial charge in [-0.3, -0.25) is 0 Å². The summed E-state index contributed by atoms with van der Waals surface area (Å²) in [4.78, 5) is 37.3. The standard InChI is InChI=1S/C30H31NO6/c1-4-19(2)27(29(33)36-17-20-13-15-21(16-14-20)28(32)35-3)31-30(34)37-18-26-24-11-7-5-9-22(24)23-10-6-8-12-25(23)26/h5-16,19,26-27H,4,17-18H2,1-3H3,(H,31,34)/t19-,27-/m0/s1. The topological polar surface area (TPSA) is 90.9 Å². The Balaban J connectivity index is 1.36. The van der Waals surface area contributed by atoms with Crippen LogP contribution in [0, 0.1) is 5.92 Å². The van der Waals surface area contributed by atoms with Gasteiger partial charge in [-0.2, -0.15) is 0 Å². The van der Waals surface area contributed by atoms with E-state index in [0.29, 0.717) is 17.5 Å². The van der Waals surface area contributed by atoms with E-state index in [4.69, 9.17) is 14.2 Å². The van der Waals surface area contributed by atoms with E-state index in [0.717, 1.165) is 22.3 Å². The fourth-order valence-electron chi connectivity index (χ4n) is 4.54. The first kappa shape index (κ1) is 25.9. The van der Waals surface area contributed by atoms with Crippen molar-refractivity contribution in [2.45, 2.75) is 38.8 Å². The minimum atomic E-state index is -0.852. The second-order valence-electron chi connectivity index (χ2n) is 9.13. The van der Waals surface area contributed by atoms with Gasteiger partial charge >= 0.3 is 18.0 Å². The lowest BCUT2D eigenvalue weighted by atomic mass is 9.98. The van der Waals surface area contributed by atoms with Crippen molar-refractivity contribution in [3.63, 3.8) is 0 Å². The van der Waals surface area contributed by atoms with Gasteiger partial charge in [-0.1, -0.05) is 80.9 Å². The number of alkyl carbamates (subject to hydrolysis) is 1. The molecule has 0 aromatic heterocycles. The molecule has 1 amide bonds. The summed E-state index contributed by atoms with van der Waals surface area (Å²) < 4.78 is 15.8. The lowest BCUT2D eigenvalue weighted by Crippen LogP contribution is -2.46. The molecule has 0 heterocycles. The fraction of sp³-hybridized carbons (Fsp3) is 0.300. The van der Waals surface area contributed by atoms with Gasteiger partial charge in [-0.15, -0.1) is 0 Å². The van der Waals surface area contributed by atoms with E-state index in [1.54, 1.807) is 24.3 Å². The van der Waals surface area contributed by atoms with Gasteiger partial charge in [-0.05, 0) is 45.9 Å². The normalized spacial score (nSPS) is 13.6. The lowest BCUT2D eigenvalue weighted by molar-refractivity contribution is -0.148. The molecule has 37 heavy (non-hydrogen) atoms. The molecule has 0 saturated carbocycles. The number of methoxy groups -OCH3 is 1. The molecule has 0 fully saturated rings. The zero-order valence-corrected chi connectivity index (χ0v) is 21.2. The van der Waals surface area contributed by atoms with Crippen LogP contribution in [-0.2, 0) is 25.6 Å². The summed E-state index contributed by atoms with van der Waals surface area (Å²) in [6.07, 6.45) is 0.00333. The van der Waals surface area contributed by atoms with Crippen LogP contribution < -0.4 is 5.32 Å². The second-order valence-corrected chi connectivity index (χ2v) is 9.13. The van der Waals surface area contributed by atoms with Crippen LogP contribution in [-0.4, -0.2) is 37.8 Å². The van der Waals surface area contributed by atoms with Crippen LogP contribution in [0.15, 0.2) is 72.8 Å². The molecule has 0 aliphatic heterocycles. The smallest absolute Gasteiger partial charge is 0.407 e. The summed E-state index contributed by atoms with van der Waals surface area (Å²) in [6.45, 7) is 3.99. The maximum absolute atomic E-state index is 12.9. The Labute approximate surface area is 216 Å². The van der Waals surface area contributed by atoms with E-state index >= 15 is 0 Å². The third kappa shape index (κ3) is 5.82. The van der Waals surface area contributed by atoms with Gasteiger partial charge in [0.05, 0.1) is 12.7 Å². The highest BCUT2D eigenvalue weighted by molar-refractivity contribution is 5.89. The molecule has 7 heteroatoms. The molecule has 7 nitrogen and oxygen atoms in total. The van der Waals surface area contributed by atoms with Gasteiger partial charge in [0.1, 0.15) is 19.3 Å². The summed E-state index contributed by atoms with van der Waals surface area (Å²) in [5, 5.41) is 2.71. The van der Waals surface area contributed by atoms with E-state index in [1.807, 2.05) is 38.1 Å². The number of rotatable bonds is 9. The molecule has 0 bridgehead atoms. The van der Waals surface area contributed by atoms with Crippen LogP contribution in [0.5, 0.6) is 0 Å². The number of hydrogen-bond acceptors (Lipinski definition) is 6. The van der Waals surface area contributed by atoms with Crippen molar-refractivity contribution in [3.8, 4) is 11.1 Å². The molecule has 0 unspecified atom stereocenters. The molecule has 3 aromatic rings. The van der Waals surface area contributed by atoms with Crippen LogP contribution in [0.2, 0.25) is 0 Å². The number of carbonyl (C=O) groups excluding carboxylic acids is 3. The van der Waals surface area contributed by atoms with Gasteiger partial charge in [0, 0.05) is 5.92 Å². The number of amides is 1. The highest BCUT2D eigenvalue weighted by atomic mass is 16.6. The summed E-state index contributed by atoms with van der Waals surface area (Å²) in [6, 6.07) is 22.0. The fourth-order valence-corrected chi connectivity index (χ4v) is 4.54. The summed E-state index contributed by atoms with van der Waals surface area (Å²) in [5.41, 5.74) is 5.65. The molecule has 4 rings (SSSR count). The van der Waals surface area contributed by atoms with Gasteiger partial charge in [0.25, 0.3) is 0 Å². The average molecular weight is 502 g/mol. The maximum Gasteiger partial charge on any atom is 0.407 e. The van der Waals surface area contributed by atoms with Crippen molar-refractivity contribution in [2.24, 2.45) is 5.92 Å². The predicted octanol–water partition coefficient (Wildman–Crippen LogP) is 5.47. The van der Waals surface area contributed by atoms with Crippen LogP contribution in [0.4, 0.5) is 4.79 Å². The Morgan fingerprint density at radius 2 is 1.46 bits per heavy atom. The Morgan fingerprint density at radius 3 is 2.03 bits per heavy atom. The number of fused-ring (bicyclic) bond motifs is 3. The number of ether oxygens (including phenoxy) is 3. The highest BCUT2D eigenvalue weighted by Gasteiger charge is 2.31. The number of nitrogens with one attached hydrogen (secondary N) is 1. The van der Waals surface area contributed by atoms with Gasteiger partial charge in [0.15, 0.2) is 0 Å². The van der Waals surface area contributed by atoms with Crippen LogP contribution in [0.3, 0.4) is 0 Å². The van der Waals surface area contributed by atoms with Gasteiger partial charge in [-0.25, -0.2) is 14.4 Å². The minimum absolute atomic E-state index is 0.0135. The van der Waals surface area contributed by atoms with Crippen molar-refractivity contribution in [1.29, 1.82) is 0 Å². The van der Waals surface area contributed by atoms with Crippen molar-refractivity contribution in [1.82, 2.24) is 5.32 Å². The molecular weight excluding hydrogens is 470 g/mol. The number of benzene rings is 3. The Morgan fingerprint density at radius 1 is 0.865 bits per heavy atom. The molecule has 3 aromatic carbocycles. The second kappa shape index (κ2) is 11.7. The highest BCUT2D eigenvalue weighted by Crippen LogP contribution is 2.44. The third-order valence-corrected chi connectivity index (χ3v) is 6.84. The van der Waals surface area contributed by atoms with E-state index in [1.165, 1.54) is 7.11 Å². The van der Waals surface area contributed by atoms with Crippen LogP contribution in [0.25, 0.3) is 11.1 Å². The molecule has 0 saturated heterocycles. The van der Waals surface area contributed by atoms with Crippen LogP contribution in [0.1, 0.15) is 53.2 Å². The molecule has 1 N–H and O–H groups in total. The Kier molecular flexibility index (Phi) is 8.23. The SMILES string of the molecule is CC[C@H](C)[C@H](NC(=O)OCC1c2ccccc2-c2ccccc21)C(=O)OCc1ccc(C(=O)OC)cc1. The molecule has 0 radical (unpaired) electrons. The number of hydrogen-bond donors (Lipinski definition) is 1. The number of carbonyl (C=O) groups is 3. The lowest BCUT2D eigenvalue weighted by Gasteiger charge is -2.23. The number of esters is 2. The van der Waals surface area contributed by atoms with Crippen molar-refractivity contribution < 1.29 is 28.6 Å². The van der Waals surface area contributed by atoms with Crippen molar-refractivity contribution in [2.75, 3.05) is 13.7 Å². The van der Waals surface area contributed by atoms with Crippen molar-refractivity contribution >= 4 is 18.0 Å². The summed E-state index contributed by atoms with van der Waals surface area (Å²) in [7, 11) is 1.32. The molecule has 2 atom stereocenters. The summed E-state index contributed by atoms with van der Waals surface area (Å²) in [5.74, 6) is -1.21. The third-order valence-electron chi connectivity index (χ3n) is 6.84. The first-order valence-corrected chi connectivity index (χ1v) is 12.4. The molecule has 0 spiro atoms. The Bertz CT molecular complexity index is 1220. The average Bonchev–Trinajstić information content (AvgIpc) is 3.26. The largest absolute Gasteiger partial charge is 0.465 e. The quantitative estimate of drug-likeness (QED) is 0.309. The summed E-state index contributed by atoms with van der Waals surface area (Å²) >= 11 is 0. The molecule has 192 valence electrons. The van der Waals surface area contributed by atoms with E-state index < -0.39 is 24.1 Å². The molecule has 1 aliphatic carbocycles. The monoisotopic (exact) mass is 501 g/mol. The first-order chi connectivity index (χ1) is 17.9. The molecular formula is C30H31NO6. The maximum atomic E-state index is 12.9. The Hall–Kier alpha value is -4.13. The van der Waals surface area contributed by atoms with Crippen molar-refractivity contribution in [3.05, 3.63) is 95.1 Å². The van der Waals surface area contributed by atoms with E-state index in [2.05, 4.69) is 29.6 Å². The van der Waals surface area contributed by atoms with E-state index in [-0.39, 0.29) is 25.0 Å². The van der Waals surface area contributed by atoms with E-state index in [9.17, 15) is 14.4 Å². The van der Waals surface area contributed by atoms with Crippen LogP contribution >= 0.6 is 0 Å². The van der Waals surface area contributed by atoms with Gasteiger partial charge < -0.3 is 19.5 Å². The predicted molar refractivity (Wildman–Crippen MR) is 139 cm³/mol. The zero-order chi connectivity index (χ0) is 26.4. The minimum Gasteiger partial charge on any atom is -0.465 e.